The van der Waals surface area contributed by atoms with Crippen molar-refractivity contribution in [3.05, 3.63) is 24.2 Å². The number of rotatable bonds is 1. The Hall–Kier alpha value is -1.21. The summed E-state index contributed by atoms with van der Waals surface area (Å²) < 4.78 is 4.73. The van der Waals surface area contributed by atoms with Gasteiger partial charge in [-0.3, -0.25) is 4.79 Å². The number of thiocyanates is 1. The number of nitriles is 1. The number of thioether (sulfide) groups is 1. The predicted octanol–water partition coefficient (Wildman–Crippen LogP) is 1.63. The highest BCUT2D eigenvalue weighted by Crippen LogP contribution is 2.10. The quantitative estimate of drug-likeness (QED) is 0.575. The van der Waals surface area contributed by atoms with Crippen LogP contribution in [0.2, 0.25) is 0 Å². The minimum Gasteiger partial charge on any atom is -0.460 e. The Bertz CT molecular complexity index is 260. The van der Waals surface area contributed by atoms with E-state index in [2.05, 4.69) is 0 Å². The largest absolute Gasteiger partial charge is 0.460 e. The Morgan fingerprint density at radius 2 is 2.60 bits per heavy atom. The number of furan rings is 1. The van der Waals surface area contributed by atoms with E-state index in [0.717, 1.165) is 0 Å². The van der Waals surface area contributed by atoms with Crippen LogP contribution in [0.3, 0.4) is 0 Å². The van der Waals surface area contributed by atoms with E-state index < -0.39 is 0 Å². The van der Waals surface area contributed by atoms with Gasteiger partial charge in [0, 0.05) is 11.8 Å². The van der Waals surface area contributed by atoms with Crippen molar-refractivity contribution in [2.75, 3.05) is 0 Å². The second-order valence-electron chi connectivity index (χ2n) is 1.46. The summed E-state index contributed by atoms with van der Waals surface area (Å²) >= 11 is 0.562. The Labute approximate surface area is 61.6 Å². The fourth-order valence-electron chi connectivity index (χ4n) is 0.486. The first-order valence-electron chi connectivity index (χ1n) is 2.48. The summed E-state index contributed by atoms with van der Waals surface area (Å²) in [6, 6.07) is 3.12. The fourth-order valence-corrected chi connectivity index (χ4v) is 0.786. The van der Waals surface area contributed by atoms with Crippen LogP contribution >= 0.6 is 11.8 Å². The van der Waals surface area contributed by atoms with Crippen LogP contribution in [0.1, 0.15) is 10.6 Å². The van der Waals surface area contributed by atoms with E-state index in [4.69, 9.17) is 9.68 Å². The summed E-state index contributed by atoms with van der Waals surface area (Å²) in [5, 5.41) is 9.39. The summed E-state index contributed by atoms with van der Waals surface area (Å²) in [5.41, 5.74) is 0. The zero-order valence-electron chi connectivity index (χ0n) is 4.90. The number of carbonyl (C=O) groups excluding carboxylic acids is 1. The first kappa shape index (κ1) is 6.90. The molecule has 10 heavy (non-hydrogen) atoms. The van der Waals surface area contributed by atoms with E-state index in [1.165, 1.54) is 12.3 Å². The highest BCUT2D eigenvalue weighted by Gasteiger charge is 2.07. The first-order chi connectivity index (χ1) is 4.84. The van der Waals surface area contributed by atoms with Gasteiger partial charge in [-0.25, -0.2) is 0 Å². The maximum atomic E-state index is 10.8. The molecule has 50 valence electrons. The minimum absolute atomic E-state index is 0.214. The number of hydrogen-bond donors (Lipinski definition) is 0. The minimum atomic E-state index is -0.354. The second-order valence-corrected chi connectivity index (χ2v) is 2.22. The molecule has 0 saturated heterocycles. The van der Waals surface area contributed by atoms with E-state index in [0.29, 0.717) is 11.8 Å². The van der Waals surface area contributed by atoms with Crippen LogP contribution in [0, 0.1) is 10.7 Å². The summed E-state index contributed by atoms with van der Waals surface area (Å²) in [5.74, 6) is 0.214. The lowest BCUT2D eigenvalue weighted by atomic mass is 10.5. The molecule has 0 amide bonds. The summed E-state index contributed by atoms with van der Waals surface area (Å²) in [6.45, 7) is 0. The molecule has 0 aliphatic heterocycles. The molecule has 0 aromatic carbocycles. The summed E-state index contributed by atoms with van der Waals surface area (Å²) in [7, 11) is 0. The standard InChI is InChI=1S/C6H3NO2S/c7-4-10-6(8)5-2-1-3-9-5/h1-3H. The molecule has 0 unspecified atom stereocenters. The third-order valence-corrected chi connectivity index (χ3v) is 1.34. The van der Waals surface area contributed by atoms with E-state index in [1.54, 1.807) is 11.5 Å². The van der Waals surface area contributed by atoms with Gasteiger partial charge in [0.15, 0.2) is 5.76 Å². The zero-order valence-corrected chi connectivity index (χ0v) is 5.72. The lowest BCUT2D eigenvalue weighted by molar-refractivity contribution is 0.106. The molecule has 1 rings (SSSR count). The highest BCUT2D eigenvalue weighted by molar-refractivity contribution is 8.18. The average molecular weight is 153 g/mol. The second kappa shape index (κ2) is 3.08. The summed E-state index contributed by atoms with van der Waals surface area (Å²) in [4.78, 5) is 10.8. The monoisotopic (exact) mass is 153 g/mol. The fraction of sp³-hybridized carbons (Fsp3) is 0. The first-order valence-corrected chi connectivity index (χ1v) is 3.30. The van der Waals surface area contributed by atoms with Gasteiger partial charge in [-0.1, -0.05) is 0 Å². The molecule has 1 aromatic heterocycles. The van der Waals surface area contributed by atoms with Gasteiger partial charge in [0.05, 0.1) is 6.26 Å². The Morgan fingerprint density at radius 1 is 1.80 bits per heavy atom. The molecule has 0 aliphatic rings. The van der Waals surface area contributed by atoms with Gasteiger partial charge < -0.3 is 4.42 Å². The molecular formula is C6H3NO2S. The topological polar surface area (TPSA) is 54.0 Å². The molecule has 0 spiro atoms. The van der Waals surface area contributed by atoms with Crippen LogP contribution in [0.15, 0.2) is 22.8 Å². The maximum Gasteiger partial charge on any atom is 0.268 e. The molecule has 1 heterocycles. The van der Waals surface area contributed by atoms with Crippen molar-refractivity contribution in [3.8, 4) is 5.40 Å². The van der Waals surface area contributed by atoms with Crippen molar-refractivity contribution in [1.29, 1.82) is 5.26 Å². The molecular weight excluding hydrogens is 150 g/mol. The molecule has 0 fully saturated rings. The van der Waals surface area contributed by atoms with Crippen molar-refractivity contribution in [2.45, 2.75) is 0 Å². The van der Waals surface area contributed by atoms with Crippen LogP contribution in [0.5, 0.6) is 0 Å². The molecule has 0 atom stereocenters. The van der Waals surface area contributed by atoms with E-state index >= 15 is 0 Å². The maximum absolute atomic E-state index is 10.8. The molecule has 0 aliphatic carbocycles. The smallest absolute Gasteiger partial charge is 0.268 e. The van der Waals surface area contributed by atoms with Crippen molar-refractivity contribution in [2.24, 2.45) is 0 Å². The lowest BCUT2D eigenvalue weighted by Gasteiger charge is -1.83. The molecule has 4 heteroatoms. The van der Waals surface area contributed by atoms with Crippen LogP contribution in [0.4, 0.5) is 0 Å². The molecule has 0 bridgehead atoms. The predicted molar refractivity (Wildman–Crippen MR) is 36.2 cm³/mol. The third-order valence-electron chi connectivity index (χ3n) is 0.861. The van der Waals surface area contributed by atoms with E-state index in [9.17, 15) is 4.79 Å². The Balaban J connectivity index is 2.71. The SMILES string of the molecule is N#CSC(=O)c1ccco1. The van der Waals surface area contributed by atoms with Gasteiger partial charge in [-0.2, -0.15) is 5.26 Å². The molecule has 0 N–H and O–H groups in total. The zero-order chi connectivity index (χ0) is 7.40. The Morgan fingerprint density at radius 3 is 3.10 bits per heavy atom. The van der Waals surface area contributed by atoms with E-state index in [-0.39, 0.29) is 10.9 Å². The van der Waals surface area contributed by atoms with E-state index in [1.807, 2.05) is 0 Å². The molecule has 0 saturated carbocycles. The van der Waals surface area contributed by atoms with Gasteiger partial charge in [-0.05, 0) is 12.1 Å². The van der Waals surface area contributed by atoms with Crippen LogP contribution in [-0.2, 0) is 0 Å². The van der Waals surface area contributed by atoms with Crippen molar-refractivity contribution < 1.29 is 9.21 Å². The van der Waals surface area contributed by atoms with Gasteiger partial charge in [0.1, 0.15) is 5.40 Å². The van der Waals surface area contributed by atoms with Crippen molar-refractivity contribution in [3.63, 3.8) is 0 Å². The number of hydrogen-bond acceptors (Lipinski definition) is 4. The van der Waals surface area contributed by atoms with Crippen LogP contribution in [-0.4, -0.2) is 5.12 Å². The lowest BCUT2D eigenvalue weighted by Crippen LogP contribution is -1.86. The average Bonchev–Trinajstić information content (AvgIpc) is 2.38. The third kappa shape index (κ3) is 1.39. The number of carbonyl (C=O) groups is 1. The van der Waals surface area contributed by atoms with Gasteiger partial charge in [-0.15, -0.1) is 0 Å². The molecule has 3 nitrogen and oxygen atoms in total. The van der Waals surface area contributed by atoms with Crippen molar-refractivity contribution >= 4 is 16.9 Å². The Kier molecular flexibility index (Phi) is 2.13. The number of nitrogens with zero attached hydrogens (tertiary/aromatic N) is 1. The molecule has 0 radical (unpaired) electrons. The normalized spacial score (nSPS) is 8.70. The van der Waals surface area contributed by atoms with Gasteiger partial charge in [0.25, 0.3) is 5.12 Å². The summed E-state index contributed by atoms with van der Waals surface area (Å²) in [6.07, 6.45) is 1.39. The van der Waals surface area contributed by atoms with Gasteiger partial charge in [0.2, 0.25) is 0 Å². The van der Waals surface area contributed by atoms with Gasteiger partial charge >= 0.3 is 0 Å². The molecule has 1 aromatic rings. The van der Waals surface area contributed by atoms with Crippen LogP contribution < -0.4 is 0 Å². The van der Waals surface area contributed by atoms with Crippen molar-refractivity contribution in [1.82, 2.24) is 0 Å². The highest BCUT2D eigenvalue weighted by atomic mass is 32.2. The van der Waals surface area contributed by atoms with Crippen LogP contribution in [0.25, 0.3) is 0 Å².